The van der Waals surface area contributed by atoms with Gasteiger partial charge in [-0.05, 0) is 31.7 Å². The number of hydrogen-bond acceptors (Lipinski definition) is 2. The molecule has 0 amide bonds. The summed E-state index contributed by atoms with van der Waals surface area (Å²) in [5.74, 6) is 0.987. The predicted molar refractivity (Wildman–Crippen MR) is 49.1 cm³/mol. The first-order chi connectivity index (χ1) is 5.82. The molecule has 0 aromatic carbocycles. The third-order valence-electron chi connectivity index (χ3n) is 4.03. The summed E-state index contributed by atoms with van der Waals surface area (Å²) in [6.45, 7) is 6.28. The molecule has 68 valence electrons. The zero-order valence-corrected chi connectivity index (χ0v) is 7.84. The first kappa shape index (κ1) is 7.34. The summed E-state index contributed by atoms with van der Waals surface area (Å²) in [6, 6.07) is 0.953. The SMILES string of the molecule is CC1CC1N1CCCC12CNC2. The van der Waals surface area contributed by atoms with Gasteiger partial charge in [-0.25, -0.2) is 0 Å². The van der Waals surface area contributed by atoms with Crippen molar-refractivity contribution in [2.24, 2.45) is 5.92 Å². The second kappa shape index (κ2) is 2.24. The van der Waals surface area contributed by atoms with Crippen molar-refractivity contribution in [1.82, 2.24) is 10.2 Å². The number of nitrogens with zero attached hydrogens (tertiary/aromatic N) is 1. The number of nitrogens with one attached hydrogen (secondary N) is 1. The van der Waals surface area contributed by atoms with Crippen LogP contribution in [0.3, 0.4) is 0 Å². The fraction of sp³-hybridized carbons (Fsp3) is 1.00. The van der Waals surface area contributed by atoms with Crippen LogP contribution in [0.25, 0.3) is 0 Å². The van der Waals surface area contributed by atoms with Crippen LogP contribution in [-0.4, -0.2) is 36.1 Å². The molecule has 12 heavy (non-hydrogen) atoms. The molecule has 2 heterocycles. The van der Waals surface area contributed by atoms with Crippen LogP contribution in [0.4, 0.5) is 0 Å². The molecule has 1 saturated carbocycles. The second-order valence-corrected chi connectivity index (χ2v) is 4.91. The molecular weight excluding hydrogens is 148 g/mol. The van der Waals surface area contributed by atoms with Crippen molar-refractivity contribution in [3.8, 4) is 0 Å². The van der Waals surface area contributed by atoms with Crippen molar-refractivity contribution in [3.63, 3.8) is 0 Å². The molecule has 1 spiro atoms. The lowest BCUT2D eigenvalue weighted by atomic mass is 9.89. The highest BCUT2D eigenvalue weighted by molar-refractivity contribution is 5.11. The third kappa shape index (κ3) is 0.826. The highest BCUT2D eigenvalue weighted by atomic mass is 15.3. The summed E-state index contributed by atoms with van der Waals surface area (Å²) in [7, 11) is 0. The lowest BCUT2D eigenvalue weighted by molar-refractivity contribution is 0.0681. The Hall–Kier alpha value is -0.0800. The normalized spacial score (nSPS) is 44.8. The van der Waals surface area contributed by atoms with E-state index in [0.717, 1.165) is 12.0 Å². The Morgan fingerprint density at radius 2 is 2.17 bits per heavy atom. The minimum absolute atomic E-state index is 0.620. The second-order valence-electron chi connectivity index (χ2n) is 4.91. The standard InChI is InChI=1S/C10H18N2/c1-8-5-9(8)12-4-2-3-10(12)6-11-7-10/h8-9,11H,2-7H2,1H3. The van der Waals surface area contributed by atoms with Crippen molar-refractivity contribution < 1.29 is 0 Å². The van der Waals surface area contributed by atoms with Gasteiger partial charge in [-0.1, -0.05) is 6.92 Å². The van der Waals surface area contributed by atoms with Crippen molar-refractivity contribution in [2.45, 2.75) is 37.8 Å². The van der Waals surface area contributed by atoms with Gasteiger partial charge in [-0.15, -0.1) is 0 Å². The van der Waals surface area contributed by atoms with Gasteiger partial charge in [0.25, 0.3) is 0 Å². The Labute approximate surface area is 74.3 Å². The Kier molecular flexibility index (Phi) is 1.37. The molecule has 3 aliphatic rings. The minimum atomic E-state index is 0.620. The molecular formula is C10H18N2. The molecule has 2 aliphatic heterocycles. The maximum absolute atomic E-state index is 3.43. The molecule has 0 radical (unpaired) electrons. The van der Waals surface area contributed by atoms with Gasteiger partial charge < -0.3 is 5.32 Å². The zero-order valence-electron chi connectivity index (χ0n) is 7.84. The van der Waals surface area contributed by atoms with E-state index in [0.29, 0.717) is 5.54 Å². The van der Waals surface area contributed by atoms with Gasteiger partial charge in [0.05, 0.1) is 0 Å². The van der Waals surface area contributed by atoms with Crippen LogP contribution in [0, 0.1) is 5.92 Å². The van der Waals surface area contributed by atoms with Crippen LogP contribution in [0.1, 0.15) is 26.2 Å². The van der Waals surface area contributed by atoms with Crippen LogP contribution >= 0.6 is 0 Å². The Balaban J connectivity index is 1.76. The molecule has 2 nitrogen and oxygen atoms in total. The smallest absolute Gasteiger partial charge is 0.0461 e. The molecule has 0 bridgehead atoms. The summed E-state index contributed by atoms with van der Waals surface area (Å²) in [4.78, 5) is 2.80. The summed E-state index contributed by atoms with van der Waals surface area (Å²) in [5, 5.41) is 3.43. The number of hydrogen-bond donors (Lipinski definition) is 1. The molecule has 0 aromatic heterocycles. The lowest BCUT2D eigenvalue weighted by Crippen LogP contribution is -2.66. The first-order valence-corrected chi connectivity index (χ1v) is 5.29. The molecule has 2 unspecified atom stereocenters. The molecule has 1 N–H and O–H groups in total. The lowest BCUT2D eigenvalue weighted by Gasteiger charge is -2.47. The van der Waals surface area contributed by atoms with Crippen LogP contribution < -0.4 is 5.32 Å². The molecule has 1 aliphatic carbocycles. The fourth-order valence-electron chi connectivity index (χ4n) is 3.01. The van der Waals surface area contributed by atoms with E-state index in [1.807, 2.05) is 0 Å². The largest absolute Gasteiger partial charge is 0.313 e. The molecule has 2 saturated heterocycles. The Morgan fingerprint density at radius 1 is 1.42 bits per heavy atom. The zero-order chi connectivity index (χ0) is 8.18. The van der Waals surface area contributed by atoms with E-state index in [1.54, 1.807) is 0 Å². The summed E-state index contributed by atoms with van der Waals surface area (Å²) < 4.78 is 0. The molecule has 0 aromatic rings. The molecule has 3 fully saturated rings. The van der Waals surface area contributed by atoms with Crippen LogP contribution in [0.5, 0.6) is 0 Å². The van der Waals surface area contributed by atoms with Crippen molar-refractivity contribution in [3.05, 3.63) is 0 Å². The maximum Gasteiger partial charge on any atom is 0.0461 e. The van der Waals surface area contributed by atoms with Crippen molar-refractivity contribution >= 4 is 0 Å². The highest BCUT2D eigenvalue weighted by Crippen LogP contribution is 2.44. The quantitative estimate of drug-likeness (QED) is 0.621. The van der Waals surface area contributed by atoms with Gasteiger partial charge in [0.15, 0.2) is 0 Å². The summed E-state index contributed by atoms with van der Waals surface area (Å²) in [5.41, 5.74) is 0.620. The third-order valence-corrected chi connectivity index (χ3v) is 4.03. The van der Waals surface area contributed by atoms with E-state index < -0.39 is 0 Å². The van der Waals surface area contributed by atoms with Gasteiger partial charge in [0, 0.05) is 24.7 Å². The first-order valence-electron chi connectivity index (χ1n) is 5.29. The number of rotatable bonds is 1. The molecule has 2 heteroatoms. The van der Waals surface area contributed by atoms with Gasteiger partial charge in [-0.2, -0.15) is 0 Å². The minimum Gasteiger partial charge on any atom is -0.313 e. The Bertz CT molecular complexity index is 198. The summed E-state index contributed by atoms with van der Waals surface area (Å²) >= 11 is 0. The van der Waals surface area contributed by atoms with E-state index >= 15 is 0 Å². The number of likely N-dealkylation sites (tertiary alicyclic amines) is 1. The van der Waals surface area contributed by atoms with Crippen LogP contribution in [0.15, 0.2) is 0 Å². The van der Waals surface area contributed by atoms with Gasteiger partial charge in [0.1, 0.15) is 0 Å². The topological polar surface area (TPSA) is 15.3 Å². The predicted octanol–water partition coefficient (Wildman–Crippen LogP) is 0.833. The van der Waals surface area contributed by atoms with Crippen LogP contribution in [0.2, 0.25) is 0 Å². The maximum atomic E-state index is 3.43. The van der Waals surface area contributed by atoms with Crippen LogP contribution in [-0.2, 0) is 0 Å². The highest BCUT2D eigenvalue weighted by Gasteiger charge is 2.53. The van der Waals surface area contributed by atoms with E-state index in [-0.39, 0.29) is 0 Å². The average Bonchev–Trinajstić information content (AvgIpc) is 2.58. The van der Waals surface area contributed by atoms with E-state index in [2.05, 4.69) is 17.1 Å². The van der Waals surface area contributed by atoms with Gasteiger partial charge in [-0.3, -0.25) is 4.90 Å². The van der Waals surface area contributed by atoms with E-state index in [1.165, 1.54) is 38.9 Å². The van der Waals surface area contributed by atoms with Gasteiger partial charge >= 0.3 is 0 Å². The average molecular weight is 166 g/mol. The Morgan fingerprint density at radius 3 is 2.67 bits per heavy atom. The van der Waals surface area contributed by atoms with Crippen molar-refractivity contribution in [1.29, 1.82) is 0 Å². The molecule has 3 rings (SSSR count). The van der Waals surface area contributed by atoms with E-state index in [4.69, 9.17) is 0 Å². The fourth-order valence-corrected chi connectivity index (χ4v) is 3.01. The monoisotopic (exact) mass is 166 g/mol. The van der Waals surface area contributed by atoms with E-state index in [9.17, 15) is 0 Å². The summed E-state index contributed by atoms with van der Waals surface area (Å²) in [6.07, 6.45) is 4.34. The van der Waals surface area contributed by atoms with Crippen molar-refractivity contribution in [2.75, 3.05) is 19.6 Å². The molecule has 2 atom stereocenters. The van der Waals surface area contributed by atoms with Gasteiger partial charge in [0.2, 0.25) is 0 Å².